The minimum absolute atomic E-state index is 0.401. The van der Waals surface area contributed by atoms with Gasteiger partial charge in [-0.25, -0.2) is 4.98 Å². The van der Waals surface area contributed by atoms with Crippen LogP contribution in [0, 0.1) is 0 Å². The van der Waals surface area contributed by atoms with Crippen LogP contribution in [0.4, 0.5) is 18.3 Å². The first-order valence-corrected chi connectivity index (χ1v) is 7.78. The van der Waals surface area contributed by atoms with Gasteiger partial charge >= 0.3 is 6.18 Å². The largest absolute Gasteiger partial charge is 0.416 e. The van der Waals surface area contributed by atoms with Gasteiger partial charge in [-0.05, 0) is 44.1 Å². The molecule has 1 saturated heterocycles. The monoisotopic (exact) mass is 315 g/mol. The molecule has 0 unspecified atom stereocenters. The van der Waals surface area contributed by atoms with Crippen molar-refractivity contribution < 1.29 is 13.2 Å². The fourth-order valence-electron chi connectivity index (χ4n) is 2.51. The number of benzene rings is 1. The molecule has 1 N–H and O–H groups in total. The van der Waals surface area contributed by atoms with Gasteiger partial charge in [0.05, 0.1) is 15.8 Å². The maximum absolute atomic E-state index is 12.7. The van der Waals surface area contributed by atoms with E-state index >= 15 is 0 Å². The zero-order valence-corrected chi connectivity index (χ0v) is 12.2. The maximum atomic E-state index is 12.7. The number of aromatic nitrogens is 1. The van der Waals surface area contributed by atoms with E-state index in [4.69, 9.17) is 0 Å². The lowest BCUT2D eigenvalue weighted by Gasteiger charge is -2.13. The van der Waals surface area contributed by atoms with Gasteiger partial charge in [0.1, 0.15) is 0 Å². The molecule has 2 heterocycles. The van der Waals surface area contributed by atoms with E-state index in [1.165, 1.54) is 30.2 Å². The molecular formula is C14H16F3N3S. The fraction of sp³-hybridized carbons (Fsp3) is 0.500. The summed E-state index contributed by atoms with van der Waals surface area (Å²) in [5.41, 5.74) is -0.248. The molecular weight excluding hydrogens is 299 g/mol. The summed E-state index contributed by atoms with van der Waals surface area (Å²) in [4.78, 5) is 6.62. The Morgan fingerprint density at radius 3 is 2.71 bits per heavy atom. The molecule has 0 aliphatic carbocycles. The van der Waals surface area contributed by atoms with Crippen molar-refractivity contribution in [3.05, 3.63) is 23.8 Å². The predicted octanol–water partition coefficient (Wildman–Crippen LogP) is 3.82. The molecule has 0 spiro atoms. The number of hydrogen-bond acceptors (Lipinski definition) is 4. The number of halogens is 3. The molecule has 3 rings (SSSR count). The average Bonchev–Trinajstić information content (AvgIpc) is 3.05. The van der Waals surface area contributed by atoms with E-state index in [0.29, 0.717) is 10.6 Å². The third-order valence-electron chi connectivity index (χ3n) is 3.62. The summed E-state index contributed by atoms with van der Waals surface area (Å²) in [5.74, 6) is 0. The zero-order chi connectivity index (χ0) is 14.9. The Hall–Kier alpha value is -1.34. The third kappa shape index (κ3) is 3.47. The minimum Gasteiger partial charge on any atom is -0.360 e. The van der Waals surface area contributed by atoms with Crippen molar-refractivity contribution in [3.63, 3.8) is 0 Å². The van der Waals surface area contributed by atoms with E-state index in [1.54, 1.807) is 0 Å². The Labute approximate surface area is 124 Å². The van der Waals surface area contributed by atoms with Gasteiger partial charge in [0, 0.05) is 13.1 Å². The lowest BCUT2D eigenvalue weighted by atomic mass is 10.2. The summed E-state index contributed by atoms with van der Waals surface area (Å²) in [7, 11) is 0. The fourth-order valence-corrected chi connectivity index (χ4v) is 3.38. The van der Waals surface area contributed by atoms with Crippen molar-refractivity contribution in [3.8, 4) is 0 Å². The number of rotatable bonds is 4. The Kier molecular flexibility index (Phi) is 4.03. The SMILES string of the molecule is FC(F)(F)c1ccc2sc(NCCN3CCCC3)nc2c1. The van der Waals surface area contributed by atoms with Gasteiger partial charge in [-0.2, -0.15) is 13.2 Å². The lowest BCUT2D eigenvalue weighted by Crippen LogP contribution is -2.25. The van der Waals surface area contributed by atoms with Crippen molar-refractivity contribution in [1.82, 2.24) is 9.88 Å². The number of anilines is 1. The first-order chi connectivity index (χ1) is 10.0. The Morgan fingerprint density at radius 2 is 2.00 bits per heavy atom. The first-order valence-electron chi connectivity index (χ1n) is 6.96. The molecule has 0 amide bonds. The number of nitrogens with one attached hydrogen (secondary N) is 1. The van der Waals surface area contributed by atoms with E-state index in [-0.39, 0.29) is 0 Å². The second-order valence-electron chi connectivity index (χ2n) is 5.17. The average molecular weight is 315 g/mol. The van der Waals surface area contributed by atoms with Crippen molar-refractivity contribution in [2.24, 2.45) is 0 Å². The van der Waals surface area contributed by atoms with Crippen molar-refractivity contribution in [1.29, 1.82) is 0 Å². The summed E-state index contributed by atoms with van der Waals surface area (Å²) in [5, 5.41) is 3.89. The van der Waals surface area contributed by atoms with Gasteiger partial charge in [0.2, 0.25) is 0 Å². The highest BCUT2D eigenvalue weighted by Crippen LogP contribution is 2.33. The number of fused-ring (bicyclic) bond motifs is 1. The minimum atomic E-state index is -4.32. The molecule has 0 bridgehead atoms. The lowest BCUT2D eigenvalue weighted by molar-refractivity contribution is -0.137. The first kappa shape index (κ1) is 14.6. The molecule has 21 heavy (non-hydrogen) atoms. The van der Waals surface area contributed by atoms with Crippen LogP contribution in [0.1, 0.15) is 18.4 Å². The van der Waals surface area contributed by atoms with Crippen molar-refractivity contribution in [2.75, 3.05) is 31.5 Å². The Morgan fingerprint density at radius 1 is 1.24 bits per heavy atom. The molecule has 0 radical (unpaired) electrons. The second kappa shape index (κ2) is 5.81. The van der Waals surface area contributed by atoms with E-state index in [9.17, 15) is 13.2 Å². The second-order valence-corrected chi connectivity index (χ2v) is 6.21. The molecule has 114 valence electrons. The van der Waals surface area contributed by atoms with Gasteiger partial charge in [0.15, 0.2) is 5.13 Å². The molecule has 1 aromatic heterocycles. The zero-order valence-electron chi connectivity index (χ0n) is 11.4. The number of likely N-dealkylation sites (tertiary alicyclic amines) is 1. The van der Waals surface area contributed by atoms with Crippen LogP contribution in [-0.2, 0) is 6.18 Å². The quantitative estimate of drug-likeness (QED) is 0.929. The Bertz CT molecular complexity index is 617. The highest BCUT2D eigenvalue weighted by atomic mass is 32.1. The van der Waals surface area contributed by atoms with E-state index in [1.807, 2.05) is 0 Å². The highest BCUT2D eigenvalue weighted by Gasteiger charge is 2.30. The van der Waals surface area contributed by atoms with E-state index in [2.05, 4.69) is 15.2 Å². The number of alkyl halides is 3. The van der Waals surface area contributed by atoms with Crippen LogP contribution in [0.15, 0.2) is 18.2 Å². The van der Waals surface area contributed by atoms with Crippen molar-refractivity contribution in [2.45, 2.75) is 19.0 Å². The van der Waals surface area contributed by atoms with Crippen LogP contribution in [0.5, 0.6) is 0 Å². The predicted molar refractivity (Wildman–Crippen MR) is 78.8 cm³/mol. The molecule has 1 fully saturated rings. The molecule has 2 aromatic rings. The van der Waals surface area contributed by atoms with E-state index in [0.717, 1.165) is 43.0 Å². The molecule has 3 nitrogen and oxygen atoms in total. The summed E-state index contributed by atoms with van der Waals surface area (Å²) in [6, 6.07) is 3.70. The van der Waals surface area contributed by atoms with Gasteiger partial charge in [-0.15, -0.1) is 0 Å². The summed E-state index contributed by atoms with van der Waals surface area (Å²) in [6.45, 7) is 3.99. The summed E-state index contributed by atoms with van der Waals surface area (Å²) >= 11 is 1.39. The smallest absolute Gasteiger partial charge is 0.360 e. The molecule has 1 aliphatic rings. The maximum Gasteiger partial charge on any atom is 0.416 e. The van der Waals surface area contributed by atoms with Crippen LogP contribution >= 0.6 is 11.3 Å². The van der Waals surface area contributed by atoms with Gasteiger partial charge in [-0.3, -0.25) is 0 Å². The highest BCUT2D eigenvalue weighted by molar-refractivity contribution is 7.22. The third-order valence-corrected chi connectivity index (χ3v) is 4.61. The molecule has 1 aromatic carbocycles. The number of hydrogen-bond donors (Lipinski definition) is 1. The van der Waals surface area contributed by atoms with Crippen LogP contribution in [0.3, 0.4) is 0 Å². The summed E-state index contributed by atoms with van der Waals surface area (Å²) < 4.78 is 38.7. The summed E-state index contributed by atoms with van der Waals surface area (Å²) in [6.07, 6.45) is -1.82. The van der Waals surface area contributed by atoms with Gasteiger partial charge in [-0.1, -0.05) is 11.3 Å². The van der Waals surface area contributed by atoms with Crippen LogP contribution in [0.2, 0.25) is 0 Å². The number of thiazole rings is 1. The standard InChI is InChI=1S/C14H16F3N3S/c15-14(16,17)10-3-4-12-11(9-10)19-13(21-12)18-5-8-20-6-1-2-7-20/h3-4,9H,1-2,5-8H2,(H,18,19). The van der Waals surface area contributed by atoms with Crippen LogP contribution in [0.25, 0.3) is 10.2 Å². The molecule has 7 heteroatoms. The number of nitrogens with zero attached hydrogens (tertiary/aromatic N) is 2. The molecule has 0 saturated carbocycles. The normalized spacial score (nSPS) is 16.7. The van der Waals surface area contributed by atoms with Crippen LogP contribution < -0.4 is 5.32 Å². The van der Waals surface area contributed by atoms with Crippen LogP contribution in [-0.4, -0.2) is 36.1 Å². The molecule has 1 aliphatic heterocycles. The topological polar surface area (TPSA) is 28.2 Å². The van der Waals surface area contributed by atoms with Crippen molar-refractivity contribution >= 4 is 26.7 Å². The Balaban J connectivity index is 1.66. The van der Waals surface area contributed by atoms with Gasteiger partial charge < -0.3 is 10.2 Å². The van der Waals surface area contributed by atoms with E-state index < -0.39 is 11.7 Å². The molecule has 0 atom stereocenters. The van der Waals surface area contributed by atoms with Gasteiger partial charge in [0.25, 0.3) is 0 Å².